The third-order valence-corrected chi connectivity index (χ3v) is 4.46. The average Bonchev–Trinajstić information content (AvgIpc) is 2.59. The van der Waals surface area contributed by atoms with Crippen molar-refractivity contribution < 1.29 is 34.4 Å². The topological polar surface area (TPSA) is 134 Å². The summed E-state index contributed by atoms with van der Waals surface area (Å²) in [7, 11) is 0. The van der Waals surface area contributed by atoms with Crippen molar-refractivity contribution in [2.75, 3.05) is 85.5 Å². The second-order valence-electron chi connectivity index (χ2n) is 6.90. The Hall–Kier alpha value is -1.63. The third-order valence-electron chi connectivity index (χ3n) is 4.46. The highest BCUT2D eigenvalue weighted by atomic mass is 16.6. The smallest absolute Gasteiger partial charge is 0.317 e. The fourth-order valence-electron chi connectivity index (χ4n) is 3.05. The molecule has 0 aromatic heterocycles. The van der Waals surface area contributed by atoms with E-state index in [2.05, 4.69) is 0 Å². The minimum absolute atomic E-state index is 0.00832. The van der Waals surface area contributed by atoms with Gasteiger partial charge in [0, 0.05) is 52.4 Å². The van der Waals surface area contributed by atoms with Crippen LogP contribution in [-0.4, -0.2) is 138 Å². The number of carboxylic acid groups (broad SMARTS) is 2. The van der Waals surface area contributed by atoms with Gasteiger partial charge in [-0.1, -0.05) is 0 Å². The van der Waals surface area contributed by atoms with Crippen molar-refractivity contribution in [3.05, 3.63) is 0 Å². The van der Waals surface area contributed by atoms with Gasteiger partial charge in [-0.3, -0.25) is 34.0 Å². The minimum atomic E-state index is -0.920. The van der Waals surface area contributed by atoms with E-state index in [0.717, 1.165) is 0 Å². The number of carbonyl (C=O) groups is 3. The molecule has 0 amide bonds. The first kappa shape index (κ1) is 24.4. The molecule has 11 nitrogen and oxygen atoms in total. The molecule has 1 fully saturated rings. The van der Waals surface area contributed by atoms with Gasteiger partial charge in [-0.15, -0.1) is 0 Å². The van der Waals surface area contributed by atoms with Crippen molar-refractivity contribution in [3.8, 4) is 0 Å². The first-order valence-corrected chi connectivity index (χ1v) is 9.31. The van der Waals surface area contributed by atoms with Crippen LogP contribution in [0.3, 0.4) is 0 Å². The molecule has 0 saturated carbocycles. The van der Waals surface area contributed by atoms with E-state index < -0.39 is 18.7 Å². The number of Topliss-reactive ketones (excluding diaryl/α,β-unsaturated/α-hetero) is 1. The minimum Gasteiger partial charge on any atom is -0.480 e. The molecule has 1 rings (SSSR count). The van der Waals surface area contributed by atoms with Crippen LogP contribution in [0.15, 0.2) is 0 Å². The Morgan fingerprint density at radius 3 is 1.39 bits per heavy atom. The van der Waals surface area contributed by atoms with Gasteiger partial charge in [-0.05, 0) is 6.92 Å². The number of aliphatic carboxylic acids is 2. The second-order valence-corrected chi connectivity index (χ2v) is 6.90. The molecule has 0 aromatic carbocycles. The van der Waals surface area contributed by atoms with Crippen LogP contribution < -0.4 is 0 Å². The molecule has 1 heterocycles. The fraction of sp³-hybridized carbons (Fsp3) is 0.824. The lowest BCUT2D eigenvalue weighted by Gasteiger charge is -2.33. The Labute approximate surface area is 165 Å². The summed E-state index contributed by atoms with van der Waals surface area (Å²) in [5.74, 6) is -1.83. The average molecular weight is 404 g/mol. The number of nitrogens with zero attached hydrogens (tertiary/aromatic N) is 4. The van der Waals surface area contributed by atoms with Crippen molar-refractivity contribution in [3.63, 3.8) is 0 Å². The number of ether oxygens (including phenoxy) is 1. The standard InChI is InChI=1S/C17H32N4O7/c1-15(23)10-18-2-4-19(11-16(24)25)6-8-21(13-28-14-22)9-7-20(5-3-18)12-17(26)27/h22H,2-14H2,1H3,(H,24,25)(H,26,27). The number of aliphatic hydroxyl groups is 1. The Morgan fingerprint density at radius 1 is 0.714 bits per heavy atom. The molecular formula is C17H32N4O7. The van der Waals surface area contributed by atoms with Crippen molar-refractivity contribution in [1.29, 1.82) is 0 Å². The van der Waals surface area contributed by atoms with Gasteiger partial charge in [0.05, 0.1) is 19.6 Å². The predicted octanol–water partition coefficient (Wildman–Crippen LogP) is -2.11. The van der Waals surface area contributed by atoms with E-state index in [1.165, 1.54) is 6.92 Å². The summed E-state index contributed by atoms with van der Waals surface area (Å²) in [6, 6.07) is 0. The molecule has 162 valence electrons. The number of aliphatic hydroxyl groups excluding tert-OH is 1. The largest absolute Gasteiger partial charge is 0.480 e. The number of hydrogen-bond acceptors (Lipinski definition) is 9. The molecule has 0 atom stereocenters. The van der Waals surface area contributed by atoms with Crippen molar-refractivity contribution in [1.82, 2.24) is 19.6 Å². The van der Waals surface area contributed by atoms with E-state index in [1.807, 2.05) is 9.80 Å². The molecule has 0 aromatic rings. The number of ketones is 1. The van der Waals surface area contributed by atoms with Crippen LogP contribution in [0.5, 0.6) is 0 Å². The van der Waals surface area contributed by atoms with Crippen LogP contribution in [-0.2, 0) is 19.1 Å². The summed E-state index contributed by atoms with van der Waals surface area (Å²) in [5, 5.41) is 27.2. The first-order valence-electron chi connectivity index (χ1n) is 9.31. The second kappa shape index (κ2) is 13.5. The van der Waals surface area contributed by atoms with Gasteiger partial charge >= 0.3 is 11.9 Å². The zero-order valence-corrected chi connectivity index (χ0v) is 16.5. The number of carbonyl (C=O) groups excluding carboxylic acids is 1. The highest BCUT2D eigenvalue weighted by Gasteiger charge is 2.19. The lowest BCUT2D eigenvalue weighted by molar-refractivity contribution is -0.139. The van der Waals surface area contributed by atoms with Crippen LogP contribution in [0.1, 0.15) is 6.92 Å². The van der Waals surface area contributed by atoms with Gasteiger partial charge in [0.2, 0.25) is 0 Å². The zero-order valence-electron chi connectivity index (χ0n) is 16.5. The number of hydrogen-bond donors (Lipinski definition) is 3. The Balaban J connectivity index is 2.86. The Kier molecular flexibility index (Phi) is 11.8. The highest BCUT2D eigenvalue weighted by Crippen LogP contribution is 2.01. The predicted molar refractivity (Wildman–Crippen MR) is 99.9 cm³/mol. The summed E-state index contributed by atoms with van der Waals surface area (Å²) in [4.78, 5) is 41.3. The molecule has 1 aliphatic heterocycles. The van der Waals surface area contributed by atoms with E-state index in [9.17, 15) is 14.4 Å². The third kappa shape index (κ3) is 11.3. The van der Waals surface area contributed by atoms with E-state index in [4.69, 9.17) is 20.1 Å². The summed E-state index contributed by atoms with van der Waals surface area (Å²) >= 11 is 0. The van der Waals surface area contributed by atoms with Crippen molar-refractivity contribution in [2.45, 2.75) is 6.92 Å². The summed E-state index contributed by atoms with van der Waals surface area (Å²) in [6.45, 7) is 5.27. The fourth-order valence-corrected chi connectivity index (χ4v) is 3.05. The number of carboxylic acids is 2. The lowest BCUT2D eigenvalue weighted by atomic mass is 10.3. The van der Waals surface area contributed by atoms with E-state index in [0.29, 0.717) is 52.4 Å². The Morgan fingerprint density at radius 2 is 1.07 bits per heavy atom. The van der Waals surface area contributed by atoms with Gasteiger partial charge < -0.3 is 20.1 Å². The highest BCUT2D eigenvalue weighted by molar-refractivity contribution is 5.77. The van der Waals surface area contributed by atoms with Crippen LogP contribution >= 0.6 is 0 Å². The molecule has 0 aliphatic carbocycles. The molecule has 0 unspecified atom stereocenters. The summed E-state index contributed by atoms with van der Waals surface area (Å²) in [6.07, 6.45) is 0. The maximum atomic E-state index is 11.6. The number of rotatable bonds is 9. The summed E-state index contributed by atoms with van der Waals surface area (Å²) in [5.41, 5.74) is 0. The quantitative estimate of drug-likeness (QED) is 0.365. The van der Waals surface area contributed by atoms with Gasteiger partial charge in [-0.25, -0.2) is 0 Å². The molecule has 28 heavy (non-hydrogen) atoms. The summed E-state index contributed by atoms with van der Waals surface area (Å²) < 4.78 is 5.06. The molecule has 1 aliphatic rings. The van der Waals surface area contributed by atoms with E-state index >= 15 is 0 Å². The van der Waals surface area contributed by atoms with Gasteiger partial charge in [-0.2, -0.15) is 0 Å². The van der Waals surface area contributed by atoms with Crippen LogP contribution in [0.4, 0.5) is 0 Å². The first-order chi connectivity index (χ1) is 13.3. The SMILES string of the molecule is CC(=O)CN1CCN(CC(=O)O)CCN(COCO)CCN(CC(=O)O)CC1. The molecule has 0 bridgehead atoms. The molecule has 1 saturated heterocycles. The van der Waals surface area contributed by atoms with Gasteiger partial charge in [0.15, 0.2) is 0 Å². The molecule has 0 spiro atoms. The monoisotopic (exact) mass is 404 g/mol. The van der Waals surface area contributed by atoms with E-state index in [-0.39, 0.29) is 32.1 Å². The van der Waals surface area contributed by atoms with Crippen LogP contribution in [0, 0.1) is 0 Å². The zero-order chi connectivity index (χ0) is 20.9. The molecule has 3 N–H and O–H groups in total. The van der Waals surface area contributed by atoms with Gasteiger partial charge in [0.25, 0.3) is 0 Å². The molecule has 11 heteroatoms. The molecule has 0 radical (unpaired) electrons. The van der Waals surface area contributed by atoms with Crippen LogP contribution in [0.25, 0.3) is 0 Å². The van der Waals surface area contributed by atoms with Crippen molar-refractivity contribution >= 4 is 17.7 Å². The normalized spacial score (nSPS) is 19.6. The van der Waals surface area contributed by atoms with Crippen LogP contribution in [0.2, 0.25) is 0 Å². The lowest BCUT2D eigenvalue weighted by Crippen LogP contribution is -2.48. The maximum Gasteiger partial charge on any atom is 0.317 e. The molecular weight excluding hydrogens is 372 g/mol. The van der Waals surface area contributed by atoms with Gasteiger partial charge in [0.1, 0.15) is 19.3 Å². The van der Waals surface area contributed by atoms with Crippen molar-refractivity contribution in [2.24, 2.45) is 0 Å². The maximum absolute atomic E-state index is 11.6. The van der Waals surface area contributed by atoms with E-state index in [1.54, 1.807) is 9.80 Å². The Bertz CT molecular complexity index is 474.